The molecule has 4 heterocycles. The summed E-state index contributed by atoms with van der Waals surface area (Å²) in [6, 6.07) is 5.32. The van der Waals surface area contributed by atoms with Crippen LogP contribution in [0.15, 0.2) is 48.8 Å². The number of esters is 1. The molecule has 3 aromatic heterocycles. The van der Waals surface area contributed by atoms with Gasteiger partial charge in [-0.3, -0.25) is 9.69 Å². The molecule has 0 saturated carbocycles. The van der Waals surface area contributed by atoms with Gasteiger partial charge in [-0.25, -0.2) is 23.9 Å². The van der Waals surface area contributed by atoms with Gasteiger partial charge in [0.1, 0.15) is 21.3 Å². The predicted molar refractivity (Wildman–Crippen MR) is 126 cm³/mol. The number of methoxy groups -OCH3 is 1. The second-order valence-electron chi connectivity index (χ2n) is 7.62. The van der Waals surface area contributed by atoms with Gasteiger partial charge in [-0.2, -0.15) is 13.2 Å². The van der Waals surface area contributed by atoms with Crippen LogP contribution >= 0.6 is 11.3 Å². The maximum absolute atomic E-state index is 15.2. The van der Waals surface area contributed by atoms with Crippen LogP contribution in [0.1, 0.15) is 25.6 Å². The average molecular weight is 531 g/mol. The summed E-state index contributed by atoms with van der Waals surface area (Å²) in [6.07, 6.45) is -2.35. The Morgan fingerprint density at radius 3 is 2.54 bits per heavy atom. The molecule has 3 amide bonds. The Morgan fingerprint density at radius 2 is 1.84 bits per heavy atom. The van der Waals surface area contributed by atoms with E-state index < -0.39 is 35.5 Å². The van der Waals surface area contributed by atoms with E-state index in [4.69, 9.17) is 4.74 Å². The highest BCUT2D eigenvalue weighted by molar-refractivity contribution is 7.21. The van der Waals surface area contributed by atoms with Crippen molar-refractivity contribution in [2.45, 2.75) is 6.18 Å². The molecule has 0 spiro atoms. The van der Waals surface area contributed by atoms with Crippen molar-refractivity contribution in [2.75, 3.05) is 22.6 Å². The highest BCUT2D eigenvalue weighted by atomic mass is 32.1. The first-order chi connectivity index (χ1) is 17.6. The van der Waals surface area contributed by atoms with Gasteiger partial charge in [-0.05, 0) is 36.4 Å². The van der Waals surface area contributed by atoms with Crippen LogP contribution in [0.4, 0.5) is 45.2 Å². The number of alkyl halides is 3. The van der Waals surface area contributed by atoms with Crippen LogP contribution in [0.25, 0.3) is 10.2 Å². The number of carbonyl (C=O) groups is 3. The van der Waals surface area contributed by atoms with Crippen LogP contribution in [-0.4, -0.2) is 35.0 Å². The molecular weight excluding hydrogens is 518 g/mol. The van der Waals surface area contributed by atoms with Gasteiger partial charge in [0.05, 0.1) is 35.1 Å². The summed E-state index contributed by atoms with van der Waals surface area (Å²) in [6.45, 7) is 0. The second kappa shape index (κ2) is 8.81. The van der Waals surface area contributed by atoms with E-state index >= 15 is 4.39 Å². The number of nitrogens with zero attached hydrogens (tertiary/aromatic N) is 3. The number of pyridine rings is 2. The molecule has 0 bridgehead atoms. The van der Waals surface area contributed by atoms with Crippen LogP contribution in [-0.2, 0) is 10.9 Å². The van der Waals surface area contributed by atoms with E-state index in [1.807, 2.05) is 0 Å². The zero-order valence-corrected chi connectivity index (χ0v) is 19.3. The molecule has 4 aromatic rings. The van der Waals surface area contributed by atoms with Gasteiger partial charge < -0.3 is 15.4 Å². The summed E-state index contributed by atoms with van der Waals surface area (Å²) in [7, 11) is 1.20. The van der Waals surface area contributed by atoms with Crippen molar-refractivity contribution < 1.29 is 36.7 Å². The largest absolute Gasteiger partial charge is 0.465 e. The van der Waals surface area contributed by atoms with Gasteiger partial charge in [0, 0.05) is 18.0 Å². The van der Waals surface area contributed by atoms with Gasteiger partial charge in [0.15, 0.2) is 0 Å². The maximum atomic E-state index is 15.2. The van der Waals surface area contributed by atoms with E-state index in [1.54, 1.807) is 0 Å². The highest BCUT2D eigenvalue weighted by Gasteiger charge is 2.34. The van der Waals surface area contributed by atoms with Crippen LogP contribution in [0, 0.1) is 5.82 Å². The van der Waals surface area contributed by atoms with Gasteiger partial charge in [0.2, 0.25) is 0 Å². The Morgan fingerprint density at radius 1 is 1.08 bits per heavy atom. The molecule has 188 valence electrons. The number of halogens is 4. The summed E-state index contributed by atoms with van der Waals surface area (Å²) in [5, 5.41) is 5.16. The topological polar surface area (TPSA) is 114 Å². The fourth-order valence-electron chi connectivity index (χ4n) is 3.75. The molecule has 9 nitrogen and oxygen atoms in total. The number of hydrogen-bond donors (Lipinski definition) is 2. The maximum Gasteiger partial charge on any atom is 0.416 e. The lowest BCUT2D eigenvalue weighted by Crippen LogP contribution is -2.34. The van der Waals surface area contributed by atoms with Crippen LogP contribution < -0.4 is 15.5 Å². The predicted octanol–water partition coefficient (Wildman–Crippen LogP) is 5.57. The van der Waals surface area contributed by atoms with E-state index in [0.29, 0.717) is 16.3 Å². The quantitative estimate of drug-likeness (QED) is 0.263. The Bertz CT molecular complexity index is 1600. The van der Waals surface area contributed by atoms with Crippen molar-refractivity contribution in [1.82, 2.24) is 9.97 Å². The molecule has 37 heavy (non-hydrogen) atoms. The monoisotopic (exact) mass is 531 g/mol. The normalized spacial score (nSPS) is 12.9. The number of hydrogen-bond acceptors (Lipinski definition) is 7. The van der Waals surface area contributed by atoms with E-state index in [0.717, 1.165) is 34.6 Å². The van der Waals surface area contributed by atoms with Crippen LogP contribution in [0.5, 0.6) is 0 Å². The smallest absolute Gasteiger partial charge is 0.416 e. The lowest BCUT2D eigenvalue weighted by Gasteiger charge is -2.28. The number of anilines is 4. The first-order valence-electron chi connectivity index (χ1n) is 10.3. The Balaban J connectivity index is 1.48. The highest BCUT2D eigenvalue weighted by Crippen LogP contribution is 2.46. The Kier molecular flexibility index (Phi) is 5.75. The van der Waals surface area contributed by atoms with Crippen molar-refractivity contribution in [2.24, 2.45) is 0 Å². The Hall–Kier alpha value is -4.59. The third-order valence-electron chi connectivity index (χ3n) is 5.40. The van der Waals surface area contributed by atoms with Gasteiger partial charge >= 0.3 is 18.2 Å². The lowest BCUT2D eigenvalue weighted by atomic mass is 10.1. The van der Waals surface area contributed by atoms with Crippen molar-refractivity contribution in [3.05, 3.63) is 70.6 Å². The first kappa shape index (κ1) is 24.1. The number of benzene rings is 1. The summed E-state index contributed by atoms with van der Waals surface area (Å²) < 4.78 is 58.7. The van der Waals surface area contributed by atoms with Crippen molar-refractivity contribution in [1.29, 1.82) is 0 Å². The van der Waals surface area contributed by atoms with Gasteiger partial charge in [0.25, 0.3) is 5.91 Å². The lowest BCUT2D eigenvalue weighted by molar-refractivity contribution is -0.137. The van der Waals surface area contributed by atoms with Crippen molar-refractivity contribution >= 4 is 62.3 Å². The molecule has 0 saturated heterocycles. The van der Waals surface area contributed by atoms with E-state index in [1.165, 1.54) is 31.5 Å². The minimum atomic E-state index is -4.64. The zero-order valence-electron chi connectivity index (χ0n) is 18.5. The third-order valence-corrected chi connectivity index (χ3v) is 6.47. The minimum absolute atomic E-state index is 0.126. The molecule has 0 aliphatic carbocycles. The molecule has 2 N–H and O–H groups in total. The molecule has 1 aliphatic heterocycles. The number of amides is 3. The number of aromatic nitrogens is 2. The summed E-state index contributed by atoms with van der Waals surface area (Å²) in [4.78, 5) is 47.1. The number of ether oxygens (including phenoxy) is 1. The molecule has 0 atom stereocenters. The molecule has 1 aliphatic rings. The molecular formula is C23H13F4N5O4S. The van der Waals surface area contributed by atoms with Crippen LogP contribution in [0.2, 0.25) is 0 Å². The molecule has 0 fully saturated rings. The summed E-state index contributed by atoms with van der Waals surface area (Å²) in [5.74, 6) is -2.91. The van der Waals surface area contributed by atoms with Crippen LogP contribution in [0.3, 0.4) is 0 Å². The molecule has 5 rings (SSSR count). The van der Waals surface area contributed by atoms with Crippen molar-refractivity contribution in [3.63, 3.8) is 0 Å². The number of nitrogens with one attached hydrogen (secondary N) is 2. The molecule has 14 heteroatoms. The van der Waals surface area contributed by atoms with Crippen molar-refractivity contribution in [3.8, 4) is 0 Å². The Labute approximate surface area is 208 Å². The number of rotatable bonds is 4. The third kappa shape index (κ3) is 4.20. The molecule has 0 unspecified atom stereocenters. The minimum Gasteiger partial charge on any atom is -0.465 e. The molecule has 0 radical (unpaired) electrons. The van der Waals surface area contributed by atoms with E-state index in [2.05, 4.69) is 20.6 Å². The van der Waals surface area contributed by atoms with E-state index in [9.17, 15) is 27.6 Å². The number of thiophene rings is 1. The SMILES string of the molecule is COC(=O)c1sc2nccc3c2c1NC(=O)N3c1ccc(C(=O)Nc2cc(C(F)(F)F)ccn2)cc1F. The summed E-state index contributed by atoms with van der Waals surface area (Å²) in [5.41, 5.74) is -1.000. The summed E-state index contributed by atoms with van der Waals surface area (Å²) >= 11 is 0.998. The second-order valence-corrected chi connectivity index (χ2v) is 8.62. The fourth-order valence-corrected chi connectivity index (χ4v) is 4.79. The first-order valence-corrected chi connectivity index (χ1v) is 11.1. The number of carbonyl (C=O) groups excluding carboxylic acids is 3. The molecule has 1 aromatic carbocycles. The van der Waals surface area contributed by atoms with Gasteiger partial charge in [-0.15, -0.1) is 11.3 Å². The van der Waals surface area contributed by atoms with Gasteiger partial charge in [-0.1, -0.05) is 0 Å². The fraction of sp³-hybridized carbons (Fsp3) is 0.0870. The standard InChI is InChI=1S/C23H13F4N5O4S/c1-36-21(34)18-17-16-14(5-7-29-20(16)37-18)32(22(35)31-17)13-3-2-10(8-12(13)24)19(33)30-15-9-11(4-6-28-15)23(25,26)27/h2-9H,1H3,(H,31,35)(H,28,30,33). The number of urea groups is 1. The average Bonchev–Trinajstić information content (AvgIpc) is 3.23. The zero-order chi connectivity index (χ0) is 26.5. The van der Waals surface area contributed by atoms with E-state index in [-0.39, 0.29) is 33.3 Å².